The van der Waals surface area contributed by atoms with Gasteiger partial charge in [-0.05, 0) is 42.7 Å². The molecule has 0 saturated carbocycles. The molecule has 3 heterocycles. The Kier molecular flexibility index (Phi) is 6.49. The summed E-state index contributed by atoms with van der Waals surface area (Å²) in [4.78, 5) is 29.7. The molecule has 0 spiro atoms. The van der Waals surface area contributed by atoms with Crippen molar-refractivity contribution in [3.63, 3.8) is 0 Å². The molecule has 7 heteroatoms. The van der Waals surface area contributed by atoms with Gasteiger partial charge in [0.1, 0.15) is 16.5 Å². The maximum absolute atomic E-state index is 12.7. The number of benzene rings is 1. The highest BCUT2D eigenvalue weighted by atomic mass is 32.1. The van der Waals surface area contributed by atoms with Crippen molar-refractivity contribution in [2.24, 2.45) is 5.92 Å². The smallest absolute Gasteiger partial charge is 0.317 e. The predicted octanol–water partition coefficient (Wildman–Crippen LogP) is 4.80. The van der Waals surface area contributed by atoms with E-state index in [0.717, 1.165) is 66.7 Å². The van der Waals surface area contributed by atoms with Crippen molar-refractivity contribution in [2.45, 2.75) is 52.5 Å². The number of thiophene rings is 1. The molecule has 6 nitrogen and oxygen atoms in total. The van der Waals surface area contributed by atoms with Gasteiger partial charge >= 0.3 is 6.03 Å². The van der Waals surface area contributed by atoms with Crippen LogP contribution < -0.4 is 10.2 Å². The largest absolute Gasteiger partial charge is 0.352 e. The van der Waals surface area contributed by atoms with Crippen LogP contribution in [0, 0.1) is 5.92 Å². The van der Waals surface area contributed by atoms with Gasteiger partial charge in [0.25, 0.3) is 0 Å². The number of hydrogen-bond donors (Lipinski definition) is 1. The molecule has 1 aliphatic heterocycles. The quantitative estimate of drug-likeness (QED) is 0.590. The number of nitrogens with zero attached hydrogens (tertiary/aromatic N) is 4. The Balaban J connectivity index is 1.33. The topological polar surface area (TPSA) is 61.4 Å². The van der Waals surface area contributed by atoms with E-state index in [0.29, 0.717) is 19.6 Å². The predicted molar refractivity (Wildman–Crippen MR) is 135 cm³/mol. The fourth-order valence-corrected chi connectivity index (χ4v) is 6.33. The van der Waals surface area contributed by atoms with Crippen molar-refractivity contribution in [2.75, 3.05) is 31.1 Å². The van der Waals surface area contributed by atoms with Gasteiger partial charge in [0.15, 0.2) is 0 Å². The van der Waals surface area contributed by atoms with Crippen molar-refractivity contribution in [3.05, 3.63) is 52.2 Å². The van der Waals surface area contributed by atoms with Gasteiger partial charge in [-0.1, -0.05) is 44.2 Å². The maximum Gasteiger partial charge on any atom is 0.317 e. The van der Waals surface area contributed by atoms with Gasteiger partial charge in [0.05, 0.1) is 5.39 Å². The molecule has 0 radical (unpaired) electrons. The number of fused-ring (bicyclic) bond motifs is 3. The lowest BCUT2D eigenvalue weighted by atomic mass is 9.89. The number of rotatable bonds is 5. The Morgan fingerprint density at radius 1 is 1.15 bits per heavy atom. The first-order valence-electron chi connectivity index (χ1n) is 12.2. The van der Waals surface area contributed by atoms with Gasteiger partial charge in [0, 0.05) is 44.0 Å². The van der Waals surface area contributed by atoms with Crippen molar-refractivity contribution in [1.82, 2.24) is 20.2 Å². The molecule has 174 valence electrons. The van der Waals surface area contributed by atoms with Crippen LogP contribution in [0.3, 0.4) is 0 Å². The second kappa shape index (κ2) is 9.67. The third-order valence-corrected chi connectivity index (χ3v) is 7.96. The van der Waals surface area contributed by atoms with Gasteiger partial charge < -0.3 is 15.1 Å². The number of amides is 2. The number of anilines is 1. The Bertz CT molecular complexity index is 1120. The van der Waals surface area contributed by atoms with E-state index in [2.05, 4.69) is 24.1 Å². The molecule has 2 aliphatic rings. The summed E-state index contributed by atoms with van der Waals surface area (Å²) in [6.45, 7) is 8.12. The summed E-state index contributed by atoms with van der Waals surface area (Å²) in [7, 11) is 0. The molecule has 2 aromatic heterocycles. The van der Waals surface area contributed by atoms with E-state index in [1.165, 1.54) is 22.2 Å². The van der Waals surface area contributed by atoms with Crippen LogP contribution in [-0.2, 0) is 25.8 Å². The highest BCUT2D eigenvalue weighted by Crippen LogP contribution is 2.41. The molecule has 5 rings (SSSR count). The summed E-state index contributed by atoms with van der Waals surface area (Å²) in [5.74, 6) is 2.80. The highest BCUT2D eigenvalue weighted by molar-refractivity contribution is 7.19. The zero-order valence-corrected chi connectivity index (χ0v) is 20.5. The third-order valence-electron chi connectivity index (χ3n) is 6.81. The fraction of sp³-hybridized carbons (Fsp3) is 0.500. The average Bonchev–Trinajstić information content (AvgIpc) is 3.20. The van der Waals surface area contributed by atoms with E-state index in [9.17, 15) is 4.79 Å². The number of aryl methyl sites for hydroxylation is 2. The Morgan fingerprint density at radius 3 is 2.70 bits per heavy atom. The van der Waals surface area contributed by atoms with Crippen LogP contribution in [0.4, 0.5) is 10.6 Å². The lowest BCUT2D eigenvalue weighted by Crippen LogP contribution is -2.52. The SMILES string of the molecule is CCCc1nc(N2CCN(C(=O)NCc3ccccc3)CC2)c2c3c(sc2n1)C[C@H](C)CC3. The number of aromatic nitrogens is 2. The summed E-state index contributed by atoms with van der Waals surface area (Å²) in [5.41, 5.74) is 2.60. The van der Waals surface area contributed by atoms with Crippen LogP contribution >= 0.6 is 11.3 Å². The first-order valence-corrected chi connectivity index (χ1v) is 13.1. The van der Waals surface area contributed by atoms with E-state index in [1.807, 2.05) is 46.6 Å². The van der Waals surface area contributed by atoms with Crippen molar-refractivity contribution in [1.29, 1.82) is 0 Å². The van der Waals surface area contributed by atoms with Crippen molar-refractivity contribution < 1.29 is 4.79 Å². The molecule has 3 aromatic rings. The normalized spacial score (nSPS) is 18.4. The Hall–Kier alpha value is -2.67. The molecule has 33 heavy (non-hydrogen) atoms. The molecule has 1 aromatic carbocycles. The molecular formula is C26H33N5OS. The zero-order valence-electron chi connectivity index (χ0n) is 19.6. The minimum absolute atomic E-state index is 0.0138. The highest BCUT2D eigenvalue weighted by Gasteiger charge is 2.28. The number of urea groups is 1. The molecule has 0 bridgehead atoms. The van der Waals surface area contributed by atoms with E-state index < -0.39 is 0 Å². The van der Waals surface area contributed by atoms with Gasteiger partial charge in [-0.2, -0.15) is 0 Å². The summed E-state index contributed by atoms with van der Waals surface area (Å²) >= 11 is 1.88. The fourth-order valence-electron chi connectivity index (χ4n) is 4.94. The lowest BCUT2D eigenvalue weighted by Gasteiger charge is -2.36. The van der Waals surface area contributed by atoms with Crippen LogP contribution in [0.5, 0.6) is 0 Å². The zero-order chi connectivity index (χ0) is 22.8. The first kappa shape index (κ1) is 22.1. The Labute approximate surface area is 200 Å². The first-order chi connectivity index (χ1) is 16.1. The van der Waals surface area contributed by atoms with Crippen LogP contribution in [-0.4, -0.2) is 47.1 Å². The second-order valence-corrected chi connectivity index (χ2v) is 10.4. The van der Waals surface area contributed by atoms with Crippen LogP contribution in [0.15, 0.2) is 30.3 Å². The summed E-state index contributed by atoms with van der Waals surface area (Å²) in [5, 5.41) is 4.35. The molecule has 1 saturated heterocycles. The molecule has 1 N–H and O–H groups in total. The third kappa shape index (κ3) is 4.69. The average molecular weight is 464 g/mol. The summed E-state index contributed by atoms with van der Waals surface area (Å²) in [6.07, 6.45) is 5.48. The molecule has 0 unspecified atom stereocenters. The van der Waals surface area contributed by atoms with Crippen LogP contribution in [0.25, 0.3) is 10.2 Å². The molecule has 1 fully saturated rings. The maximum atomic E-state index is 12.7. The van der Waals surface area contributed by atoms with E-state index in [1.54, 1.807) is 0 Å². The Morgan fingerprint density at radius 2 is 1.94 bits per heavy atom. The van der Waals surface area contributed by atoms with Crippen molar-refractivity contribution >= 4 is 33.4 Å². The van der Waals surface area contributed by atoms with E-state index in [4.69, 9.17) is 9.97 Å². The number of piperazine rings is 1. The minimum Gasteiger partial charge on any atom is -0.352 e. The second-order valence-electron chi connectivity index (χ2n) is 9.36. The molecule has 1 atom stereocenters. The van der Waals surface area contributed by atoms with Gasteiger partial charge in [0.2, 0.25) is 0 Å². The minimum atomic E-state index is 0.0138. The van der Waals surface area contributed by atoms with Crippen LogP contribution in [0.2, 0.25) is 0 Å². The molecule has 2 amide bonds. The standard InChI is InChI=1S/C26H33N5OS/c1-3-7-22-28-24(23-20-11-10-18(2)16-21(20)33-25(23)29-22)30-12-14-31(15-13-30)26(32)27-17-19-8-5-4-6-9-19/h4-6,8-9,18H,3,7,10-17H2,1-2H3,(H,27,32)/t18-/m1/s1. The van der Waals surface area contributed by atoms with Crippen LogP contribution in [0.1, 0.15) is 48.5 Å². The number of hydrogen-bond acceptors (Lipinski definition) is 5. The number of nitrogens with one attached hydrogen (secondary N) is 1. The van der Waals surface area contributed by atoms with E-state index in [-0.39, 0.29) is 6.03 Å². The molecule has 1 aliphatic carbocycles. The van der Waals surface area contributed by atoms with Gasteiger partial charge in [-0.3, -0.25) is 0 Å². The molecular weight excluding hydrogens is 430 g/mol. The van der Waals surface area contributed by atoms with Gasteiger partial charge in [-0.15, -0.1) is 11.3 Å². The van der Waals surface area contributed by atoms with E-state index >= 15 is 0 Å². The summed E-state index contributed by atoms with van der Waals surface area (Å²) in [6, 6.07) is 10.1. The summed E-state index contributed by atoms with van der Waals surface area (Å²) < 4.78 is 0. The van der Waals surface area contributed by atoms with Crippen molar-refractivity contribution in [3.8, 4) is 0 Å². The lowest BCUT2D eigenvalue weighted by molar-refractivity contribution is 0.194. The monoisotopic (exact) mass is 463 g/mol. The van der Waals surface area contributed by atoms with Gasteiger partial charge in [-0.25, -0.2) is 14.8 Å². The number of carbonyl (C=O) groups excluding carboxylic acids is 1. The number of carbonyl (C=O) groups is 1.